The highest BCUT2D eigenvalue weighted by molar-refractivity contribution is 7.17. The minimum absolute atomic E-state index is 0.126. The quantitative estimate of drug-likeness (QED) is 0.435. The summed E-state index contributed by atoms with van der Waals surface area (Å²) in [5.74, 6) is 2.23. The normalized spacial score (nSPS) is 11.7. The Morgan fingerprint density at radius 1 is 0.897 bits per heavy atom. The SMILES string of the molecule is O=C(Nc1ccc(Oc2ccccc2)cc1)c1cc2c(s1)-c1ccccc1OC2. The van der Waals surface area contributed by atoms with Crippen LogP contribution in [0.15, 0.2) is 84.9 Å². The van der Waals surface area contributed by atoms with Crippen molar-refractivity contribution in [1.29, 1.82) is 0 Å². The Balaban J connectivity index is 1.31. The second-order valence-electron chi connectivity index (χ2n) is 6.64. The summed E-state index contributed by atoms with van der Waals surface area (Å²) in [4.78, 5) is 14.5. The van der Waals surface area contributed by atoms with Crippen molar-refractivity contribution in [2.75, 3.05) is 5.32 Å². The van der Waals surface area contributed by atoms with Crippen LogP contribution in [0.4, 0.5) is 5.69 Å². The smallest absolute Gasteiger partial charge is 0.265 e. The van der Waals surface area contributed by atoms with E-state index in [0.717, 1.165) is 38.9 Å². The Hall–Kier alpha value is -3.57. The molecule has 3 aromatic carbocycles. The summed E-state index contributed by atoms with van der Waals surface area (Å²) in [6.45, 7) is 0.488. The lowest BCUT2D eigenvalue weighted by Gasteiger charge is -2.16. The van der Waals surface area contributed by atoms with Gasteiger partial charge >= 0.3 is 0 Å². The van der Waals surface area contributed by atoms with Gasteiger partial charge in [-0.15, -0.1) is 11.3 Å². The van der Waals surface area contributed by atoms with Gasteiger partial charge in [-0.05, 0) is 54.6 Å². The molecule has 0 bridgehead atoms. The van der Waals surface area contributed by atoms with Crippen molar-refractivity contribution in [2.24, 2.45) is 0 Å². The van der Waals surface area contributed by atoms with E-state index in [-0.39, 0.29) is 5.91 Å². The van der Waals surface area contributed by atoms with E-state index >= 15 is 0 Å². The lowest BCUT2D eigenvalue weighted by Crippen LogP contribution is -2.10. The maximum Gasteiger partial charge on any atom is 0.265 e. The molecular weight excluding hydrogens is 382 g/mol. The van der Waals surface area contributed by atoms with Gasteiger partial charge in [0.05, 0.1) is 4.88 Å². The van der Waals surface area contributed by atoms with E-state index in [1.807, 2.05) is 84.9 Å². The van der Waals surface area contributed by atoms with Crippen LogP contribution in [0.1, 0.15) is 15.2 Å². The van der Waals surface area contributed by atoms with Crippen LogP contribution in [0.2, 0.25) is 0 Å². The number of hydrogen-bond acceptors (Lipinski definition) is 4. The summed E-state index contributed by atoms with van der Waals surface area (Å²) >= 11 is 1.49. The molecular formula is C24H17NO3S. The molecule has 1 amide bonds. The highest BCUT2D eigenvalue weighted by Gasteiger charge is 2.22. The van der Waals surface area contributed by atoms with Gasteiger partial charge in [-0.25, -0.2) is 0 Å². The third kappa shape index (κ3) is 3.60. The van der Waals surface area contributed by atoms with E-state index in [1.54, 1.807) is 0 Å². The second-order valence-corrected chi connectivity index (χ2v) is 7.70. The zero-order chi connectivity index (χ0) is 19.6. The van der Waals surface area contributed by atoms with Gasteiger partial charge in [0.2, 0.25) is 0 Å². The third-order valence-corrected chi connectivity index (χ3v) is 5.85. The first-order valence-corrected chi connectivity index (χ1v) is 10.1. The van der Waals surface area contributed by atoms with Gasteiger partial charge in [-0.2, -0.15) is 0 Å². The van der Waals surface area contributed by atoms with Gasteiger partial charge in [-0.1, -0.05) is 30.3 Å². The Bertz CT molecular complexity index is 1170. The average molecular weight is 399 g/mol. The van der Waals surface area contributed by atoms with Gasteiger partial charge < -0.3 is 14.8 Å². The van der Waals surface area contributed by atoms with Crippen LogP contribution in [-0.4, -0.2) is 5.91 Å². The lowest BCUT2D eigenvalue weighted by molar-refractivity contribution is 0.103. The molecule has 5 heteroatoms. The highest BCUT2D eigenvalue weighted by atomic mass is 32.1. The summed E-state index contributed by atoms with van der Waals surface area (Å²) in [5.41, 5.74) is 2.81. The molecule has 0 fully saturated rings. The fraction of sp³-hybridized carbons (Fsp3) is 0.0417. The van der Waals surface area contributed by atoms with E-state index in [1.165, 1.54) is 11.3 Å². The van der Waals surface area contributed by atoms with Gasteiger partial charge in [0.1, 0.15) is 23.9 Å². The van der Waals surface area contributed by atoms with Crippen molar-refractivity contribution in [3.63, 3.8) is 0 Å². The molecule has 4 nitrogen and oxygen atoms in total. The van der Waals surface area contributed by atoms with E-state index in [4.69, 9.17) is 9.47 Å². The number of nitrogens with one attached hydrogen (secondary N) is 1. The monoisotopic (exact) mass is 399 g/mol. The van der Waals surface area contributed by atoms with Gasteiger partial charge in [0.25, 0.3) is 5.91 Å². The second kappa shape index (κ2) is 7.45. The van der Waals surface area contributed by atoms with Crippen molar-refractivity contribution < 1.29 is 14.3 Å². The van der Waals surface area contributed by atoms with Crippen LogP contribution in [-0.2, 0) is 6.61 Å². The van der Waals surface area contributed by atoms with Gasteiger partial charge in [0.15, 0.2) is 0 Å². The van der Waals surface area contributed by atoms with Crippen LogP contribution in [0.25, 0.3) is 10.4 Å². The molecule has 0 atom stereocenters. The molecule has 0 unspecified atom stereocenters. The first-order chi connectivity index (χ1) is 14.3. The fourth-order valence-electron chi connectivity index (χ4n) is 3.24. The Morgan fingerprint density at radius 2 is 1.62 bits per heavy atom. The molecule has 0 aliphatic carbocycles. The van der Waals surface area contributed by atoms with Crippen LogP contribution in [0, 0.1) is 0 Å². The molecule has 4 aromatic rings. The van der Waals surface area contributed by atoms with Crippen molar-refractivity contribution in [3.8, 4) is 27.7 Å². The number of para-hydroxylation sites is 2. The molecule has 1 N–H and O–H groups in total. The predicted octanol–water partition coefficient (Wildman–Crippen LogP) is 6.35. The Labute approximate surface area is 172 Å². The topological polar surface area (TPSA) is 47.6 Å². The van der Waals surface area contributed by atoms with E-state index in [9.17, 15) is 4.79 Å². The molecule has 29 heavy (non-hydrogen) atoms. The standard InChI is InChI=1S/C24H17NO3S/c26-24(22-14-16-15-27-21-9-5-4-8-20(21)23(16)29-22)25-17-10-12-19(13-11-17)28-18-6-2-1-3-7-18/h1-14H,15H2,(H,25,26). The summed E-state index contributed by atoms with van der Waals surface area (Å²) < 4.78 is 11.6. The zero-order valence-electron chi connectivity index (χ0n) is 15.4. The number of amides is 1. The van der Waals surface area contributed by atoms with Crippen molar-refractivity contribution in [3.05, 3.63) is 95.4 Å². The van der Waals surface area contributed by atoms with Crippen LogP contribution >= 0.6 is 11.3 Å². The van der Waals surface area contributed by atoms with Crippen LogP contribution < -0.4 is 14.8 Å². The number of rotatable bonds is 4. The van der Waals surface area contributed by atoms with E-state index in [2.05, 4.69) is 5.32 Å². The van der Waals surface area contributed by atoms with Crippen molar-refractivity contribution in [2.45, 2.75) is 6.61 Å². The molecule has 0 saturated heterocycles. The molecule has 142 valence electrons. The highest BCUT2D eigenvalue weighted by Crippen LogP contribution is 2.42. The maximum absolute atomic E-state index is 12.7. The summed E-state index contributed by atoms with van der Waals surface area (Å²) in [6, 6.07) is 26.8. The molecule has 0 radical (unpaired) electrons. The predicted molar refractivity (Wildman–Crippen MR) is 115 cm³/mol. The number of thiophene rings is 1. The number of ether oxygens (including phenoxy) is 2. The number of carbonyl (C=O) groups excluding carboxylic acids is 1. The fourth-order valence-corrected chi connectivity index (χ4v) is 4.33. The summed E-state index contributed by atoms with van der Waals surface area (Å²) in [7, 11) is 0. The number of carbonyl (C=O) groups is 1. The molecule has 1 aliphatic heterocycles. The minimum Gasteiger partial charge on any atom is -0.488 e. The molecule has 0 spiro atoms. The number of fused-ring (bicyclic) bond motifs is 3. The number of anilines is 1. The van der Waals surface area contributed by atoms with Gasteiger partial charge in [-0.3, -0.25) is 4.79 Å². The zero-order valence-corrected chi connectivity index (χ0v) is 16.2. The lowest BCUT2D eigenvalue weighted by atomic mass is 10.1. The molecule has 1 aromatic heterocycles. The average Bonchev–Trinajstić information content (AvgIpc) is 3.21. The summed E-state index contributed by atoms with van der Waals surface area (Å²) in [6.07, 6.45) is 0. The van der Waals surface area contributed by atoms with Crippen LogP contribution in [0.5, 0.6) is 17.2 Å². The molecule has 1 aliphatic rings. The molecule has 5 rings (SSSR count). The van der Waals surface area contributed by atoms with Crippen LogP contribution in [0.3, 0.4) is 0 Å². The first kappa shape index (κ1) is 17.5. The first-order valence-electron chi connectivity index (χ1n) is 9.25. The largest absolute Gasteiger partial charge is 0.488 e. The minimum atomic E-state index is -0.126. The van der Waals surface area contributed by atoms with Crippen molar-refractivity contribution in [1.82, 2.24) is 0 Å². The van der Waals surface area contributed by atoms with Crippen molar-refractivity contribution >= 4 is 22.9 Å². The molecule has 0 saturated carbocycles. The Kier molecular flexibility index (Phi) is 4.50. The van der Waals surface area contributed by atoms with E-state index < -0.39 is 0 Å². The van der Waals surface area contributed by atoms with Gasteiger partial charge in [0, 0.05) is 21.7 Å². The Morgan fingerprint density at radius 3 is 2.45 bits per heavy atom. The maximum atomic E-state index is 12.7. The summed E-state index contributed by atoms with van der Waals surface area (Å²) in [5, 5.41) is 2.96. The molecule has 2 heterocycles. The number of benzene rings is 3. The van der Waals surface area contributed by atoms with E-state index in [0.29, 0.717) is 11.5 Å². The third-order valence-electron chi connectivity index (χ3n) is 4.64. The number of hydrogen-bond donors (Lipinski definition) is 1.